The Morgan fingerprint density at radius 3 is 2.03 bits per heavy atom. The second-order valence-electron chi connectivity index (χ2n) is 8.20. The lowest BCUT2D eigenvalue weighted by Gasteiger charge is -2.14. The molecule has 1 fully saturated rings. The molecule has 2 aromatic carbocycles. The van der Waals surface area contributed by atoms with E-state index in [1.54, 1.807) is 0 Å². The summed E-state index contributed by atoms with van der Waals surface area (Å²) in [5.74, 6) is -2.34. The summed E-state index contributed by atoms with van der Waals surface area (Å²) < 4.78 is 5.36. The van der Waals surface area contributed by atoms with Gasteiger partial charge in [-0.1, -0.05) is 48.5 Å². The van der Waals surface area contributed by atoms with Gasteiger partial charge in [0.15, 0.2) is 0 Å². The minimum absolute atomic E-state index is 0.0580. The van der Waals surface area contributed by atoms with Crippen molar-refractivity contribution in [3.05, 3.63) is 59.7 Å². The Labute approximate surface area is 190 Å². The highest BCUT2D eigenvalue weighted by atomic mass is 16.5. The third-order valence-electron chi connectivity index (χ3n) is 5.98. The molecule has 2 aliphatic rings. The van der Waals surface area contributed by atoms with Crippen LogP contribution in [0.2, 0.25) is 0 Å². The molecule has 2 atom stereocenters. The molecule has 2 aliphatic carbocycles. The van der Waals surface area contributed by atoms with Gasteiger partial charge in [-0.15, -0.1) is 0 Å². The van der Waals surface area contributed by atoms with Crippen molar-refractivity contribution in [3.63, 3.8) is 0 Å². The smallest absolute Gasteiger partial charge is 0.407 e. The molecule has 2 unspecified atom stereocenters. The monoisotopic (exact) mass is 451 g/mol. The van der Waals surface area contributed by atoms with Gasteiger partial charge in [-0.25, -0.2) is 4.79 Å². The second kappa shape index (κ2) is 9.72. The van der Waals surface area contributed by atoms with E-state index in [1.165, 1.54) is 0 Å². The summed E-state index contributed by atoms with van der Waals surface area (Å²) in [4.78, 5) is 46.5. The van der Waals surface area contributed by atoms with Crippen molar-refractivity contribution in [3.8, 4) is 11.1 Å². The maximum absolute atomic E-state index is 12.1. The first kappa shape index (κ1) is 22.3. The Hall–Kier alpha value is -3.88. The van der Waals surface area contributed by atoms with Crippen LogP contribution in [0.25, 0.3) is 11.1 Å². The van der Waals surface area contributed by atoms with Crippen molar-refractivity contribution in [1.82, 2.24) is 16.0 Å². The molecule has 9 nitrogen and oxygen atoms in total. The van der Waals surface area contributed by atoms with Gasteiger partial charge in [0.1, 0.15) is 13.2 Å². The van der Waals surface area contributed by atoms with Crippen LogP contribution >= 0.6 is 0 Å². The number of carboxylic acid groups (broad SMARTS) is 1. The fraction of sp³-hybridized carbons (Fsp3) is 0.333. The lowest BCUT2D eigenvalue weighted by Crippen LogP contribution is -2.42. The number of aliphatic carboxylic acids is 1. The maximum Gasteiger partial charge on any atom is 0.407 e. The SMILES string of the molecule is O=C(CNC(=O)CNC(=O)OCC1c2ccccc2-c2ccccc21)NCC1CC1C(=O)O. The van der Waals surface area contributed by atoms with Gasteiger partial charge >= 0.3 is 12.1 Å². The van der Waals surface area contributed by atoms with Gasteiger partial charge in [0.25, 0.3) is 0 Å². The van der Waals surface area contributed by atoms with Crippen molar-refractivity contribution in [2.45, 2.75) is 12.3 Å². The van der Waals surface area contributed by atoms with E-state index in [4.69, 9.17) is 9.84 Å². The standard InChI is InChI=1S/C24H25N3O6/c28-21(25-10-14-9-19(14)23(30)31)11-26-22(29)12-27-24(32)33-13-20-17-7-3-1-5-15(17)16-6-2-4-8-18(16)20/h1-8,14,19-20H,9-13H2,(H,25,28)(H,26,29)(H,27,32)(H,30,31). The number of rotatable bonds is 9. The molecule has 3 amide bonds. The predicted molar refractivity (Wildman–Crippen MR) is 118 cm³/mol. The highest BCUT2D eigenvalue weighted by Gasteiger charge is 2.42. The maximum atomic E-state index is 12.1. The van der Waals surface area contributed by atoms with Crippen LogP contribution in [0.15, 0.2) is 48.5 Å². The van der Waals surface area contributed by atoms with Crippen LogP contribution in [-0.2, 0) is 19.1 Å². The molecular formula is C24H25N3O6. The third kappa shape index (κ3) is 5.31. The molecule has 0 aliphatic heterocycles. The van der Waals surface area contributed by atoms with E-state index in [9.17, 15) is 19.2 Å². The molecule has 4 N–H and O–H groups in total. The summed E-state index contributed by atoms with van der Waals surface area (Å²) in [6.07, 6.45) is -0.170. The average molecular weight is 451 g/mol. The number of hydrogen-bond donors (Lipinski definition) is 4. The number of ether oxygens (including phenoxy) is 1. The largest absolute Gasteiger partial charge is 0.481 e. The fourth-order valence-electron chi connectivity index (χ4n) is 4.13. The number of alkyl carbamates (subject to hydrolysis) is 1. The summed E-state index contributed by atoms with van der Waals surface area (Å²) in [6.45, 7) is -0.171. The number of hydrogen-bond acceptors (Lipinski definition) is 5. The van der Waals surface area contributed by atoms with Gasteiger partial charge in [-0.2, -0.15) is 0 Å². The second-order valence-corrected chi connectivity index (χ2v) is 8.20. The van der Waals surface area contributed by atoms with Gasteiger partial charge in [-0.05, 0) is 34.6 Å². The number of carbonyl (C=O) groups excluding carboxylic acids is 3. The highest BCUT2D eigenvalue weighted by Crippen LogP contribution is 2.44. The highest BCUT2D eigenvalue weighted by molar-refractivity contribution is 5.87. The molecule has 2 aromatic rings. The van der Waals surface area contributed by atoms with E-state index in [-0.39, 0.29) is 38.1 Å². The van der Waals surface area contributed by atoms with Gasteiger partial charge in [0.2, 0.25) is 11.8 Å². The van der Waals surface area contributed by atoms with E-state index in [1.807, 2.05) is 48.5 Å². The molecule has 4 rings (SSSR count). The lowest BCUT2D eigenvalue weighted by molar-refractivity contribution is -0.139. The number of carboxylic acids is 1. The number of carbonyl (C=O) groups is 4. The summed E-state index contributed by atoms with van der Waals surface area (Å²) >= 11 is 0. The van der Waals surface area contributed by atoms with Crippen molar-refractivity contribution in [1.29, 1.82) is 0 Å². The van der Waals surface area contributed by atoms with Gasteiger partial charge in [-0.3, -0.25) is 14.4 Å². The zero-order valence-corrected chi connectivity index (χ0v) is 17.9. The summed E-state index contributed by atoms with van der Waals surface area (Å²) in [6, 6.07) is 16.0. The minimum Gasteiger partial charge on any atom is -0.481 e. The van der Waals surface area contributed by atoms with Gasteiger partial charge in [0, 0.05) is 12.5 Å². The van der Waals surface area contributed by atoms with E-state index >= 15 is 0 Å². The minimum atomic E-state index is -0.859. The molecule has 0 aromatic heterocycles. The quantitative estimate of drug-likeness (QED) is 0.456. The zero-order valence-electron chi connectivity index (χ0n) is 17.9. The normalized spacial score (nSPS) is 17.9. The summed E-state index contributed by atoms with van der Waals surface area (Å²) in [5.41, 5.74) is 4.44. The Kier molecular flexibility index (Phi) is 6.58. The van der Waals surface area contributed by atoms with E-state index < -0.39 is 29.8 Å². The van der Waals surface area contributed by atoms with Gasteiger partial charge < -0.3 is 25.8 Å². The van der Waals surface area contributed by atoms with E-state index in [0.29, 0.717) is 6.42 Å². The summed E-state index contributed by atoms with van der Waals surface area (Å²) in [7, 11) is 0. The Morgan fingerprint density at radius 2 is 1.42 bits per heavy atom. The van der Waals surface area contributed by atoms with Crippen molar-refractivity contribution >= 4 is 23.9 Å². The van der Waals surface area contributed by atoms with Crippen LogP contribution in [0.1, 0.15) is 23.5 Å². The number of amides is 3. The molecule has 9 heteroatoms. The number of benzene rings is 2. The fourth-order valence-corrected chi connectivity index (χ4v) is 4.13. The van der Waals surface area contributed by atoms with E-state index in [2.05, 4.69) is 16.0 Å². The van der Waals surface area contributed by atoms with Crippen molar-refractivity contribution < 1.29 is 29.0 Å². The van der Waals surface area contributed by atoms with Crippen LogP contribution < -0.4 is 16.0 Å². The first-order chi connectivity index (χ1) is 15.9. The summed E-state index contributed by atoms with van der Waals surface area (Å²) in [5, 5.41) is 16.2. The van der Waals surface area contributed by atoms with Crippen molar-refractivity contribution in [2.24, 2.45) is 11.8 Å². The Balaban J connectivity index is 1.16. The molecule has 0 spiro atoms. The van der Waals surface area contributed by atoms with Crippen LogP contribution in [0.4, 0.5) is 4.79 Å². The number of fused-ring (bicyclic) bond motifs is 3. The molecule has 0 radical (unpaired) electrons. The average Bonchev–Trinajstić information content (AvgIpc) is 3.54. The zero-order chi connectivity index (χ0) is 23.4. The third-order valence-corrected chi connectivity index (χ3v) is 5.98. The molecule has 0 heterocycles. The molecule has 33 heavy (non-hydrogen) atoms. The Morgan fingerprint density at radius 1 is 0.848 bits per heavy atom. The first-order valence-electron chi connectivity index (χ1n) is 10.8. The molecule has 0 bridgehead atoms. The van der Waals surface area contributed by atoms with Crippen LogP contribution in [-0.4, -0.2) is 55.2 Å². The molecular weight excluding hydrogens is 426 g/mol. The molecule has 0 saturated heterocycles. The molecule has 172 valence electrons. The number of nitrogens with one attached hydrogen (secondary N) is 3. The lowest BCUT2D eigenvalue weighted by atomic mass is 9.98. The van der Waals surface area contributed by atoms with Crippen LogP contribution in [0.5, 0.6) is 0 Å². The van der Waals surface area contributed by atoms with E-state index in [0.717, 1.165) is 22.3 Å². The topological polar surface area (TPSA) is 134 Å². The first-order valence-corrected chi connectivity index (χ1v) is 10.8. The van der Waals surface area contributed by atoms with Crippen LogP contribution in [0.3, 0.4) is 0 Å². The predicted octanol–water partition coefficient (Wildman–Crippen LogP) is 1.48. The van der Waals surface area contributed by atoms with Gasteiger partial charge in [0.05, 0.1) is 12.5 Å². The van der Waals surface area contributed by atoms with Crippen molar-refractivity contribution in [2.75, 3.05) is 26.2 Å². The van der Waals surface area contributed by atoms with Crippen LogP contribution in [0, 0.1) is 11.8 Å². The Bertz CT molecular complexity index is 1040. The molecule has 1 saturated carbocycles.